The number of halogens is 1. The zero-order valence-corrected chi connectivity index (χ0v) is 17.0. The molecule has 146 valence electrons. The molecule has 0 aliphatic heterocycles. The van der Waals surface area contributed by atoms with E-state index in [4.69, 9.17) is 0 Å². The van der Waals surface area contributed by atoms with Crippen molar-refractivity contribution in [3.05, 3.63) is 66.0 Å². The van der Waals surface area contributed by atoms with Gasteiger partial charge in [0.05, 0.1) is 5.25 Å². The van der Waals surface area contributed by atoms with Gasteiger partial charge in [0, 0.05) is 25.7 Å². The van der Waals surface area contributed by atoms with Crippen molar-refractivity contribution in [2.75, 3.05) is 7.05 Å². The molecular formula is C21H23FN4OS. The van der Waals surface area contributed by atoms with Gasteiger partial charge in [-0.1, -0.05) is 54.2 Å². The van der Waals surface area contributed by atoms with E-state index in [9.17, 15) is 9.18 Å². The Morgan fingerprint density at radius 3 is 2.61 bits per heavy atom. The highest BCUT2D eigenvalue weighted by Gasteiger charge is 2.23. The van der Waals surface area contributed by atoms with Gasteiger partial charge in [0.15, 0.2) is 11.0 Å². The van der Waals surface area contributed by atoms with Crippen LogP contribution in [0.1, 0.15) is 19.4 Å². The summed E-state index contributed by atoms with van der Waals surface area (Å²) in [6.07, 6.45) is 0. The number of carbonyl (C=O) groups excluding carboxylic acids is 1. The zero-order valence-electron chi connectivity index (χ0n) is 16.2. The molecule has 1 atom stereocenters. The molecule has 0 N–H and O–H groups in total. The maximum atomic E-state index is 13.4. The van der Waals surface area contributed by atoms with Crippen molar-refractivity contribution in [3.8, 4) is 11.4 Å². The zero-order chi connectivity index (χ0) is 20.1. The minimum atomic E-state index is -0.336. The Hall–Kier alpha value is -2.67. The Morgan fingerprint density at radius 2 is 1.93 bits per heavy atom. The molecule has 0 radical (unpaired) electrons. The highest BCUT2D eigenvalue weighted by molar-refractivity contribution is 8.00. The van der Waals surface area contributed by atoms with Gasteiger partial charge in [0.25, 0.3) is 0 Å². The van der Waals surface area contributed by atoms with Gasteiger partial charge in [-0.3, -0.25) is 4.79 Å². The molecular weight excluding hydrogens is 375 g/mol. The number of rotatable bonds is 7. The molecule has 7 heteroatoms. The van der Waals surface area contributed by atoms with Gasteiger partial charge >= 0.3 is 0 Å². The van der Waals surface area contributed by atoms with Crippen molar-refractivity contribution < 1.29 is 9.18 Å². The molecule has 3 rings (SSSR count). The molecule has 0 saturated heterocycles. The van der Waals surface area contributed by atoms with Crippen molar-refractivity contribution in [3.63, 3.8) is 0 Å². The standard InChI is InChI=1S/C21H23FN4OS/c1-4-26-19(17-10-6-5-7-11-17)23-24-21(26)28-15(2)20(27)25(3)14-16-9-8-12-18(22)13-16/h5-13,15H,4,14H2,1-3H3/t15-/m1/s1. The van der Waals surface area contributed by atoms with Gasteiger partial charge in [0.1, 0.15) is 5.82 Å². The lowest BCUT2D eigenvalue weighted by molar-refractivity contribution is -0.129. The molecule has 0 saturated carbocycles. The average molecular weight is 399 g/mol. The molecule has 1 amide bonds. The van der Waals surface area contributed by atoms with Gasteiger partial charge in [-0.15, -0.1) is 10.2 Å². The molecule has 0 bridgehead atoms. The van der Waals surface area contributed by atoms with Gasteiger partial charge in [-0.05, 0) is 31.5 Å². The van der Waals surface area contributed by atoms with Crippen LogP contribution in [0.3, 0.4) is 0 Å². The summed E-state index contributed by atoms with van der Waals surface area (Å²) in [7, 11) is 1.73. The number of carbonyl (C=O) groups is 1. The number of hydrogen-bond donors (Lipinski definition) is 0. The van der Waals surface area contributed by atoms with Crippen LogP contribution in [0.5, 0.6) is 0 Å². The summed E-state index contributed by atoms with van der Waals surface area (Å²) in [5, 5.41) is 8.99. The van der Waals surface area contributed by atoms with E-state index in [0.717, 1.165) is 17.0 Å². The lowest BCUT2D eigenvalue weighted by atomic mass is 10.2. The van der Waals surface area contributed by atoms with Crippen molar-refractivity contribution in [2.45, 2.75) is 37.3 Å². The molecule has 0 unspecified atom stereocenters. The molecule has 0 aliphatic carbocycles. The smallest absolute Gasteiger partial charge is 0.235 e. The van der Waals surface area contributed by atoms with E-state index in [1.165, 1.54) is 23.9 Å². The quantitative estimate of drug-likeness (QED) is 0.559. The fourth-order valence-electron chi connectivity index (χ4n) is 2.97. The highest BCUT2D eigenvalue weighted by atomic mass is 32.2. The molecule has 0 spiro atoms. The van der Waals surface area contributed by atoms with Crippen molar-refractivity contribution in [1.29, 1.82) is 0 Å². The summed E-state index contributed by atoms with van der Waals surface area (Å²) in [6, 6.07) is 16.2. The second kappa shape index (κ2) is 9.01. The SMILES string of the molecule is CCn1c(S[C@H](C)C(=O)N(C)Cc2cccc(F)c2)nnc1-c1ccccc1. The molecule has 1 heterocycles. The van der Waals surface area contributed by atoms with Crippen LogP contribution < -0.4 is 0 Å². The third-order valence-corrected chi connectivity index (χ3v) is 5.45. The van der Waals surface area contributed by atoms with E-state index in [1.54, 1.807) is 18.0 Å². The number of aromatic nitrogens is 3. The van der Waals surface area contributed by atoms with Crippen LogP contribution in [0.15, 0.2) is 59.8 Å². The number of hydrogen-bond acceptors (Lipinski definition) is 4. The van der Waals surface area contributed by atoms with Gasteiger partial charge in [0.2, 0.25) is 5.91 Å². The fraction of sp³-hybridized carbons (Fsp3) is 0.286. The Bertz CT molecular complexity index is 945. The summed E-state index contributed by atoms with van der Waals surface area (Å²) in [6.45, 7) is 4.95. The monoisotopic (exact) mass is 398 g/mol. The minimum Gasteiger partial charge on any atom is -0.340 e. The third kappa shape index (κ3) is 4.59. The van der Waals surface area contributed by atoms with Crippen LogP contribution in [-0.2, 0) is 17.9 Å². The summed E-state index contributed by atoms with van der Waals surface area (Å²) in [4.78, 5) is 14.4. The van der Waals surface area contributed by atoms with E-state index in [-0.39, 0.29) is 17.0 Å². The summed E-state index contributed by atoms with van der Waals surface area (Å²) in [5.41, 5.74) is 1.75. The number of amides is 1. The van der Waals surface area contributed by atoms with Gasteiger partial charge in [-0.25, -0.2) is 4.39 Å². The van der Waals surface area contributed by atoms with Gasteiger partial charge < -0.3 is 9.47 Å². The van der Waals surface area contributed by atoms with E-state index in [2.05, 4.69) is 10.2 Å². The molecule has 1 aromatic heterocycles. The minimum absolute atomic E-state index is 0.0406. The Kier molecular flexibility index (Phi) is 6.46. The molecule has 0 fully saturated rings. The predicted octanol–water partition coefficient (Wildman–Crippen LogP) is 4.24. The normalized spacial score (nSPS) is 12.0. The third-order valence-electron chi connectivity index (χ3n) is 4.38. The second-order valence-corrected chi connectivity index (χ2v) is 7.81. The van der Waals surface area contributed by atoms with E-state index < -0.39 is 0 Å². The Labute approximate surface area is 168 Å². The van der Waals surface area contributed by atoms with E-state index >= 15 is 0 Å². The van der Waals surface area contributed by atoms with E-state index in [1.807, 2.05) is 54.8 Å². The van der Waals surface area contributed by atoms with Crippen LogP contribution in [-0.4, -0.2) is 37.9 Å². The Balaban J connectivity index is 1.71. The van der Waals surface area contributed by atoms with Crippen molar-refractivity contribution in [1.82, 2.24) is 19.7 Å². The largest absolute Gasteiger partial charge is 0.340 e. The van der Waals surface area contributed by atoms with E-state index in [0.29, 0.717) is 18.2 Å². The molecule has 2 aromatic carbocycles. The first-order valence-corrected chi connectivity index (χ1v) is 10.0. The number of nitrogens with zero attached hydrogens (tertiary/aromatic N) is 4. The maximum absolute atomic E-state index is 13.4. The first-order valence-electron chi connectivity index (χ1n) is 9.14. The highest BCUT2D eigenvalue weighted by Crippen LogP contribution is 2.27. The number of thioether (sulfide) groups is 1. The van der Waals surface area contributed by atoms with Crippen LogP contribution in [0.25, 0.3) is 11.4 Å². The second-order valence-electron chi connectivity index (χ2n) is 6.50. The first-order chi connectivity index (χ1) is 13.5. The Morgan fingerprint density at radius 1 is 1.18 bits per heavy atom. The van der Waals surface area contributed by atoms with Crippen LogP contribution >= 0.6 is 11.8 Å². The molecule has 3 aromatic rings. The summed E-state index contributed by atoms with van der Waals surface area (Å²) in [5.74, 6) is 0.449. The topological polar surface area (TPSA) is 51.0 Å². The van der Waals surface area contributed by atoms with Crippen molar-refractivity contribution >= 4 is 17.7 Å². The lowest BCUT2D eigenvalue weighted by Gasteiger charge is -2.21. The average Bonchev–Trinajstić information content (AvgIpc) is 3.10. The van der Waals surface area contributed by atoms with Gasteiger partial charge in [-0.2, -0.15) is 0 Å². The molecule has 5 nitrogen and oxygen atoms in total. The summed E-state index contributed by atoms with van der Waals surface area (Å²) < 4.78 is 15.4. The predicted molar refractivity (Wildman–Crippen MR) is 109 cm³/mol. The maximum Gasteiger partial charge on any atom is 0.235 e. The van der Waals surface area contributed by atoms with Crippen LogP contribution in [0, 0.1) is 5.82 Å². The lowest BCUT2D eigenvalue weighted by Crippen LogP contribution is -2.33. The molecule has 0 aliphatic rings. The first kappa shape index (κ1) is 20.1. The fourth-order valence-corrected chi connectivity index (χ4v) is 4.00. The van der Waals surface area contributed by atoms with Crippen molar-refractivity contribution in [2.24, 2.45) is 0 Å². The van der Waals surface area contributed by atoms with Crippen LogP contribution in [0.2, 0.25) is 0 Å². The number of benzene rings is 2. The summed E-state index contributed by atoms with van der Waals surface area (Å²) >= 11 is 1.38. The molecule has 28 heavy (non-hydrogen) atoms. The van der Waals surface area contributed by atoms with Crippen LogP contribution in [0.4, 0.5) is 4.39 Å².